The summed E-state index contributed by atoms with van der Waals surface area (Å²) in [5.41, 5.74) is 4.73. The number of rotatable bonds is 8. The molecule has 26 heavy (non-hydrogen) atoms. The van der Waals surface area contributed by atoms with Gasteiger partial charge in [0.25, 0.3) is 5.91 Å². The van der Waals surface area contributed by atoms with Crippen molar-refractivity contribution in [2.75, 3.05) is 25.1 Å². The lowest BCUT2D eigenvalue weighted by atomic mass is 10.1. The molecule has 2 aromatic rings. The van der Waals surface area contributed by atoms with Gasteiger partial charge in [-0.2, -0.15) is 0 Å². The Morgan fingerprint density at radius 2 is 2.00 bits per heavy atom. The number of hydrogen-bond acceptors (Lipinski definition) is 4. The summed E-state index contributed by atoms with van der Waals surface area (Å²) in [4.78, 5) is 17.5. The Morgan fingerprint density at radius 1 is 1.23 bits per heavy atom. The number of hydroxylamine groups is 1. The summed E-state index contributed by atoms with van der Waals surface area (Å²) in [5, 5.41) is 3.12. The number of carbonyl (C=O) groups excluding carboxylic acids is 1. The second-order valence-electron chi connectivity index (χ2n) is 5.37. The number of carbonyl (C=O) groups is 1. The molecule has 140 valence electrons. The van der Waals surface area contributed by atoms with E-state index in [1.54, 1.807) is 0 Å². The summed E-state index contributed by atoms with van der Waals surface area (Å²) in [6.07, 6.45) is 0. The third-order valence-electron chi connectivity index (χ3n) is 3.46. The molecule has 1 amide bonds. The van der Waals surface area contributed by atoms with Gasteiger partial charge in [0.15, 0.2) is 0 Å². The average Bonchev–Trinajstić information content (AvgIpc) is 2.60. The first kappa shape index (κ1) is 21.1. The molecule has 0 aliphatic carbocycles. The predicted molar refractivity (Wildman–Crippen MR) is 111 cm³/mol. The number of aryl methyl sites for hydroxylation is 1. The highest BCUT2D eigenvalue weighted by Gasteiger charge is 2.16. The van der Waals surface area contributed by atoms with E-state index in [9.17, 15) is 9.18 Å². The first-order valence-corrected chi connectivity index (χ1v) is 9.81. The number of anilines is 2. The van der Waals surface area contributed by atoms with Gasteiger partial charge in [0.05, 0.1) is 28.9 Å². The Labute approximate surface area is 173 Å². The summed E-state index contributed by atoms with van der Waals surface area (Å²) >= 11 is 5.34. The largest absolute Gasteiger partial charge is 0.379 e. The fourth-order valence-electron chi connectivity index (χ4n) is 2.17. The molecule has 5 nitrogen and oxygen atoms in total. The highest BCUT2D eigenvalue weighted by atomic mass is 127. The van der Waals surface area contributed by atoms with E-state index in [0.29, 0.717) is 18.9 Å². The molecule has 0 saturated carbocycles. The molecule has 0 aromatic heterocycles. The number of nitrogens with one attached hydrogen (secondary N) is 2. The van der Waals surface area contributed by atoms with Crippen molar-refractivity contribution in [3.05, 3.63) is 55.3 Å². The van der Waals surface area contributed by atoms with Crippen LogP contribution in [-0.4, -0.2) is 25.7 Å². The molecule has 2 aromatic carbocycles. The molecule has 0 aliphatic heterocycles. The summed E-state index contributed by atoms with van der Waals surface area (Å²) in [6.45, 7) is 4.99. The van der Waals surface area contributed by atoms with Crippen molar-refractivity contribution in [2.45, 2.75) is 13.8 Å². The van der Waals surface area contributed by atoms with Gasteiger partial charge < -0.3 is 10.1 Å². The monoisotopic (exact) mass is 536 g/mol. The van der Waals surface area contributed by atoms with E-state index >= 15 is 0 Å². The first-order valence-electron chi connectivity index (χ1n) is 7.94. The summed E-state index contributed by atoms with van der Waals surface area (Å²) in [7, 11) is 0. The standard InChI is InChI=1S/C18H19BrFIN2O3/c1-3-25-6-7-26-23-18(24)13-9-14(19)15(20)10-17(13)22-16-5-4-12(21)8-11(16)2/h4-5,8-10,22H,3,6-7H2,1-2H3,(H,23,24). The van der Waals surface area contributed by atoms with Crippen LogP contribution in [0.1, 0.15) is 22.8 Å². The van der Waals surface area contributed by atoms with Crippen molar-refractivity contribution >= 4 is 55.8 Å². The Morgan fingerprint density at radius 3 is 2.69 bits per heavy atom. The fourth-order valence-corrected chi connectivity index (χ4v) is 3.16. The van der Waals surface area contributed by atoms with Crippen molar-refractivity contribution in [1.29, 1.82) is 0 Å². The van der Waals surface area contributed by atoms with E-state index in [4.69, 9.17) is 9.57 Å². The van der Waals surface area contributed by atoms with Gasteiger partial charge in [-0.1, -0.05) is 0 Å². The summed E-state index contributed by atoms with van der Waals surface area (Å²) < 4.78 is 20.4. The molecule has 0 heterocycles. The lowest BCUT2D eigenvalue weighted by Crippen LogP contribution is -2.26. The third kappa shape index (κ3) is 5.90. The van der Waals surface area contributed by atoms with E-state index in [1.807, 2.05) is 32.0 Å². The van der Waals surface area contributed by atoms with Crippen LogP contribution in [0.3, 0.4) is 0 Å². The first-order chi connectivity index (χ1) is 12.4. The van der Waals surface area contributed by atoms with Crippen LogP contribution in [0.25, 0.3) is 0 Å². The molecule has 2 rings (SSSR count). The van der Waals surface area contributed by atoms with Gasteiger partial charge in [-0.15, -0.1) is 0 Å². The molecule has 8 heteroatoms. The van der Waals surface area contributed by atoms with Crippen LogP contribution in [0, 0.1) is 16.3 Å². The summed E-state index contributed by atoms with van der Waals surface area (Å²) in [5.74, 6) is -0.947. The topological polar surface area (TPSA) is 59.6 Å². The molecule has 0 atom stereocenters. The van der Waals surface area contributed by atoms with Crippen molar-refractivity contribution in [3.8, 4) is 0 Å². The SMILES string of the molecule is CCOCCONC(=O)c1cc(Br)c(F)cc1Nc1ccc(I)cc1C. The number of halogens is 3. The zero-order valence-corrected chi connectivity index (χ0v) is 18.1. The van der Waals surface area contributed by atoms with Gasteiger partial charge in [0, 0.05) is 15.9 Å². The van der Waals surface area contributed by atoms with E-state index < -0.39 is 11.7 Å². The Balaban J connectivity index is 2.20. The van der Waals surface area contributed by atoms with Crippen LogP contribution in [0.4, 0.5) is 15.8 Å². The molecule has 0 saturated heterocycles. The van der Waals surface area contributed by atoms with Gasteiger partial charge in [-0.3, -0.25) is 9.63 Å². The van der Waals surface area contributed by atoms with Gasteiger partial charge in [0.2, 0.25) is 0 Å². The quantitative estimate of drug-likeness (QED) is 0.285. The Hall–Kier alpha value is -1.23. The van der Waals surface area contributed by atoms with Crippen molar-refractivity contribution < 1.29 is 18.8 Å². The smallest absolute Gasteiger partial charge is 0.276 e. The van der Waals surface area contributed by atoms with Gasteiger partial charge >= 0.3 is 0 Å². The average molecular weight is 537 g/mol. The molecule has 0 bridgehead atoms. The van der Waals surface area contributed by atoms with Crippen molar-refractivity contribution in [3.63, 3.8) is 0 Å². The molecule has 0 unspecified atom stereocenters. The maximum absolute atomic E-state index is 14.0. The number of benzene rings is 2. The van der Waals surface area contributed by atoms with Crippen LogP contribution in [0.15, 0.2) is 34.8 Å². The fraction of sp³-hybridized carbons (Fsp3) is 0.278. The van der Waals surface area contributed by atoms with Crippen molar-refractivity contribution in [1.82, 2.24) is 5.48 Å². The maximum atomic E-state index is 14.0. The number of hydrogen-bond donors (Lipinski definition) is 2. The third-order valence-corrected chi connectivity index (χ3v) is 4.74. The minimum atomic E-state index is -0.479. The number of ether oxygens (including phenoxy) is 1. The van der Waals surface area contributed by atoms with Crippen LogP contribution in [0.5, 0.6) is 0 Å². The highest BCUT2D eigenvalue weighted by Crippen LogP contribution is 2.29. The Bertz CT molecular complexity index is 789. The van der Waals surface area contributed by atoms with Crippen LogP contribution < -0.4 is 10.8 Å². The molecular weight excluding hydrogens is 518 g/mol. The zero-order valence-electron chi connectivity index (χ0n) is 14.4. The summed E-state index contributed by atoms with van der Waals surface area (Å²) in [6, 6.07) is 8.51. The van der Waals surface area contributed by atoms with E-state index in [-0.39, 0.29) is 16.6 Å². The zero-order chi connectivity index (χ0) is 19.1. The highest BCUT2D eigenvalue weighted by molar-refractivity contribution is 14.1. The molecule has 0 aliphatic rings. The van der Waals surface area contributed by atoms with E-state index in [2.05, 4.69) is 49.3 Å². The molecule has 0 fully saturated rings. The second-order valence-corrected chi connectivity index (χ2v) is 7.47. The van der Waals surface area contributed by atoms with E-state index in [1.165, 1.54) is 12.1 Å². The molecule has 0 radical (unpaired) electrons. The van der Waals surface area contributed by atoms with Crippen LogP contribution in [0.2, 0.25) is 0 Å². The second kappa shape index (κ2) is 10.2. The minimum absolute atomic E-state index is 0.196. The van der Waals surface area contributed by atoms with Crippen molar-refractivity contribution in [2.24, 2.45) is 0 Å². The molecule has 0 spiro atoms. The maximum Gasteiger partial charge on any atom is 0.276 e. The Kier molecular flexibility index (Phi) is 8.26. The normalized spacial score (nSPS) is 10.7. The minimum Gasteiger partial charge on any atom is -0.379 e. The molecule has 2 N–H and O–H groups in total. The van der Waals surface area contributed by atoms with Gasteiger partial charge in [-0.05, 0) is 88.3 Å². The van der Waals surface area contributed by atoms with E-state index in [0.717, 1.165) is 14.8 Å². The van der Waals surface area contributed by atoms with Crippen LogP contribution in [-0.2, 0) is 9.57 Å². The predicted octanol–water partition coefficient (Wildman–Crippen LogP) is 4.94. The lowest BCUT2D eigenvalue weighted by Gasteiger charge is -2.15. The number of amides is 1. The molecular formula is C18H19BrFIN2O3. The van der Waals surface area contributed by atoms with Crippen LogP contribution >= 0.6 is 38.5 Å². The van der Waals surface area contributed by atoms with Gasteiger partial charge in [-0.25, -0.2) is 9.87 Å². The van der Waals surface area contributed by atoms with Gasteiger partial charge in [0.1, 0.15) is 5.82 Å². The lowest BCUT2D eigenvalue weighted by molar-refractivity contribution is 0.00170.